The molecule has 19 heavy (non-hydrogen) atoms. The van der Waals surface area contributed by atoms with E-state index in [2.05, 4.69) is 21.2 Å². The SMILES string of the molecule is CCOCCCNCc1c(Br)ccc(OC)c1OC. The van der Waals surface area contributed by atoms with Crippen LogP contribution in [-0.2, 0) is 11.3 Å². The minimum Gasteiger partial charge on any atom is -0.493 e. The number of nitrogens with one attached hydrogen (secondary N) is 1. The van der Waals surface area contributed by atoms with Gasteiger partial charge in [-0.2, -0.15) is 0 Å². The van der Waals surface area contributed by atoms with Gasteiger partial charge in [0.05, 0.1) is 14.2 Å². The molecule has 1 rings (SSSR count). The molecule has 0 spiro atoms. The fourth-order valence-corrected chi connectivity index (χ4v) is 2.24. The van der Waals surface area contributed by atoms with Crippen molar-refractivity contribution in [3.8, 4) is 11.5 Å². The molecule has 0 bridgehead atoms. The number of methoxy groups -OCH3 is 2. The highest BCUT2D eigenvalue weighted by Gasteiger charge is 2.12. The molecule has 0 fully saturated rings. The van der Waals surface area contributed by atoms with Gasteiger partial charge in [-0.1, -0.05) is 15.9 Å². The van der Waals surface area contributed by atoms with Crippen molar-refractivity contribution in [1.29, 1.82) is 0 Å². The summed E-state index contributed by atoms with van der Waals surface area (Å²) in [7, 11) is 3.30. The predicted molar refractivity (Wildman–Crippen MR) is 80.1 cm³/mol. The van der Waals surface area contributed by atoms with Crippen LogP contribution in [0.5, 0.6) is 11.5 Å². The summed E-state index contributed by atoms with van der Waals surface area (Å²) in [5.74, 6) is 1.52. The summed E-state index contributed by atoms with van der Waals surface area (Å²) in [6, 6.07) is 3.86. The Morgan fingerprint density at radius 3 is 2.63 bits per heavy atom. The van der Waals surface area contributed by atoms with Crippen LogP contribution in [0.1, 0.15) is 18.9 Å². The van der Waals surface area contributed by atoms with Gasteiger partial charge >= 0.3 is 0 Å². The van der Waals surface area contributed by atoms with Crippen molar-refractivity contribution in [2.45, 2.75) is 19.9 Å². The largest absolute Gasteiger partial charge is 0.493 e. The first-order valence-electron chi connectivity index (χ1n) is 6.42. The quantitative estimate of drug-likeness (QED) is 0.706. The highest BCUT2D eigenvalue weighted by atomic mass is 79.9. The molecule has 5 heteroatoms. The molecule has 4 nitrogen and oxygen atoms in total. The van der Waals surface area contributed by atoms with Crippen molar-refractivity contribution >= 4 is 15.9 Å². The van der Waals surface area contributed by atoms with E-state index in [-0.39, 0.29) is 0 Å². The van der Waals surface area contributed by atoms with Gasteiger partial charge in [-0.15, -0.1) is 0 Å². The molecule has 0 saturated carbocycles. The summed E-state index contributed by atoms with van der Waals surface area (Å²) >= 11 is 3.55. The second kappa shape index (κ2) is 9.18. The average molecular weight is 332 g/mol. The Balaban J connectivity index is 2.56. The van der Waals surface area contributed by atoms with Crippen LogP contribution < -0.4 is 14.8 Å². The van der Waals surface area contributed by atoms with Crippen LogP contribution in [0.4, 0.5) is 0 Å². The van der Waals surface area contributed by atoms with Crippen LogP contribution in [0.3, 0.4) is 0 Å². The van der Waals surface area contributed by atoms with E-state index in [1.165, 1.54) is 0 Å². The molecule has 0 saturated heterocycles. The molecule has 0 aliphatic rings. The first kappa shape index (κ1) is 16.3. The molecule has 0 aromatic heterocycles. The first-order chi connectivity index (χ1) is 9.24. The van der Waals surface area contributed by atoms with E-state index in [1.807, 2.05) is 19.1 Å². The van der Waals surface area contributed by atoms with Gasteiger partial charge in [-0.05, 0) is 32.0 Å². The van der Waals surface area contributed by atoms with E-state index in [1.54, 1.807) is 14.2 Å². The van der Waals surface area contributed by atoms with Crippen LogP contribution >= 0.6 is 15.9 Å². The number of hydrogen-bond donors (Lipinski definition) is 1. The first-order valence-corrected chi connectivity index (χ1v) is 7.21. The summed E-state index contributed by atoms with van der Waals surface area (Å²) in [6.45, 7) is 5.21. The topological polar surface area (TPSA) is 39.7 Å². The Morgan fingerprint density at radius 2 is 2.00 bits per heavy atom. The van der Waals surface area contributed by atoms with Crippen LogP contribution in [0.25, 0.3) is 0 Å². The maximum absolute atomic E-state index is 5.42. The van der Waals surface area contributed by atoms with Crippen molar-refractivity contribution in [3.05, 3.63) is 22.2 Å². The molecule has 0 aliphatic carbocycles. The van der Waals surface area contributed by atoms with Gasteiger partial charge in [0, 0.05) is 29.8 Å². The van der Waals surface area contributed by atoms with E-state index >= 15 is 0 Å². The standard InChI is InChI=1S/C14H22BrNO3/c1-4-19-9-5-8-16-10-11-12(15)6-7-13(17-2)14(11)18-3/h6-7,16H,4-5,8-10H2,1-3H3. The molecule has 0 amide bonds. The number of halogens is 1. The molecular formula is C14H22BrNO3. The summed E-state index contributed by atoms with van der Waals surface area (Å²) in [6.07, 6.45) is 0.998. The van der Waals surface area contributed by atoms with Gasteiger partial charge in [-0.3, -0.25) is 0 Å². The molecule has 1 N–H and O–H groups in total. The Labute approximate surface area is 123 Å². The number of hydrogen-bond acceptors (Lipinski definition) is 4. The molecule has 108 valence electrons. The van der Waals surface area contributed by atoms with Crippen LogP contribution in [-0.4, -0.2) is 34.0 Å². The second-order valence-electron chi connectivity index (χ2n) is 3.99. The van der Waals surface area contributed by atoms with E-state index in [4.69, 9.17) is 14.2 Å². The molecule has 0 unspecified atom stereocenters. The van der Waals surface area contributed by atoms with E-state index in [0.717, 1.165) is 54.3 Å². The Kier molecular flexibility index (Phi) is 7.86. The number of ether oxygens (including phenoxy) is 3. The van der Waals surface area contributed by atoms with Crippen molar-refractivity contribution in [2.24, 2.45) is 0 Å². The Hall–Kier alpha value is -0.780. The van der Waals surface area contributed by atoms with E-state index < -0.39 is 0 Å². The molecule has 1 aromatic rings. The van der Waals surface area contributed by atoms with E-state index in [0.29, 0.717) is 0 Å². The summed E-state index contributed by atoms with van der Waals surface area (Å²) in [4.78, 5) is 0. The average Bonchev–Trinajstić information content (AvgIpc) is 2.43. The molecule has 1 aromatic carbocycles. The Bertz CT molecular complexity index is 385. The van der Waals surface area contributed by atoms with Crippen molar-refractivity contribution < 1.29 is 14.2 Å². The lowest BCUT2D eigenvalue weighted by Gasteiger charge is -2.15. The number of rotatable bonds is 9. The van der Waals surface area contributed by atoms with Gasteiger partial charge in [0.25, 0.3) is 0 Å². The van der Waals surface area contributed by atoms with Gasteiger partial charge < -0.3 is 19.5 Å². The van der Waals surface area contributed by atoms with Gasteiger partial charge in [0.15, 0.2) is 11.5 Å². The Morgan fingerprint density at radius 1 is 1.21 bits per heavy atom. The summed E-state index contributed by atoms with van der Waals surface area (Å²) in [5.41, 5.74) is 1.07. The third-order valence-corrected chi connectivity index (χ3v) is 3.48. The third-order valence-electron chi connectivity index (χ3n) is 2.74. The monoisotopic (exact) mass is 331 g/mol. The minimum atomic E-state index is 0.729. The summed E-state index contributed by atoms with van der Waals surface area (Å²) < 4.78 is 17.0. The lowest BCUT2D eigenvalue weighted by molar-refractivity contribution is 0.144. The zero-order valence-corrected chi connectivity index (χ0v) is 13.4. The summed E-state index contributed by atoms with van der Waals surface area (Å²) in [5, 5.41) is 3.38. The maximum atomic E-state index is 5.42. The molecule has 0 radical (unpaired) electrons. The fourth-order valence-electron chi connectivity index (χ4n) is 1.79. The normalized spacial score (nSPS) is 10.5. The van der Waals surface area contributed by atoms with Crippen molar-refractivity contribution in [3.63, 3.8) is 0 Å². The third kappa shape index (κ3) is 5.01. The lowest BCUT2D eigenvalue weighted by atomic mass is 10.2. The molecule has 0 heterocycles. The smallest absolute Gasteiger partial charge is 0.166 e. The number of benzene rings is 1. The fraction of sp³-hybridized carbons (Fsp3) is 0.571. The molecule has 0 aliphatic heterocycles. The highest BCUT2D eigenvalue weighted by Crippen LogP contribution is 2.35. The van der Waals surface area contributed by atoms with Gasteiger partial charge in [0.1, 0.15) is 0 Å². The zero-order chi connectivity index (χ0) is 14.1. The van der Waals surface area contributed by atoms with Crippen LogP contribution in [0.2, 0.25) is 0 Å². The maximum Gasteiger partial charge on any atom is 0.166 e. The molecular weight excluding hydrogens is 310 g/mol. The van der Waals surface area contributed by atoms with Crippen LogP contribution in [0.15, 0.2) is 16.6 Å². The van der Waals surface area contributed by atoms with Gasteiger partial charge in [0.2, 0.25) is 0 Å². The molecule has 0 atom stereocenters. The lowest BCUT2D eigenvalue weighted by Crippen LogP contribution is -2.17. The van der Waals surface area contributed by atoms with Gasteiger partial charge in [-0.25, -0.2) is 0 Å². The second-order valence-corrected chi connectivity index (χ2v) is 4.84. The zero-order valence-electron chi connectivity index (χ0n) is 11.8. The van der Waals surface area contributed by atoms with E-state index in [9.17, 15) is 0 Å². The van der Waals surface area contributed by atoms with Crippen molar-refractivity contribution in [1.82, 2.24) is 5.32 Å². The predicted octanol–water partition coefficient (Wildman–Crippen LogP) is 2.98. The minimum absolute atomic E-state index is 0.729. The van der Waals surface area contributed by atoms with Crippen LogP contribution in [0, 0.1) is 0 Å². The van der Waals surface area contributed by atoms with Crippen molar-refractivity contribution in [2.75, 3.05) is 34.0 Å². The highest BCUT2D eigenvalue weighted by molar-refractivity contribution is 9.10.